The lowest BCUT2D eigenvalue weighted by Gasteiger charge is -2.13. The van der Waals surface area contributed by atoms with Gasteiger partial charge in [-0.1, -0.05) is 18.2 Å². The van der Waals surface area contributed by atoms with Crippen LogP contribution in [0.5, 0.6) is 0 Å². The quantitative estimate of drug-likeness (QED) is 0.491. The van der Waals surface area contributed by atoms with E-state index in [0.717, 1.165) is 11.3 Å². The minimum absolute atomic E-state index is 0.167. The number of non-ortho nitro benzene ring substituents is 1. The number of nitro benzene ring substituents is 1. The van der Waals surface area contributed by atoms with Crippen LogP contribution in [0, 0.1) is 10.1 Å². The average molecular weight is 342 g/mol. The molecule has 130 valence electrons. The first-order chi connectivity index (χ1) is 11.9. The van der Waals surface area contributed by atoms with E-state index in [1.807, 2.05) is 43.3 Å². The van der Waals surface area contributed by atoms with Crippen molar-refractivity contribution in [2.75, 3.05) is 24.3 Å². The third kappa shape index (κ3) is 5.03. The SMILES string of the molecule is CN(C)c1ccc(CNC(=O)C(=O)Nc2cccc([N+](=O)[O-])c2)cc1. The number of anilines is 2. The number of hydrogen-bond donors (Lipinski definition) is 2. The molecule has 0 heterocycles. The fourth-order valence-electron chi connectivity index (χ4n) is 2.06. The van der Waals surface area contributed by atoms with E-state index in [4.69, 9.17) is 0 Å². The third-order valence-corrected chi connectivity index (χ3v) is 3.43. The van der Waals surface area contributed by atoms with Gasteiger partial charge in [0.2, 0.25) is 0 Å². The molecular weight excluding hydrogens is 324 g/mol. The predicted octanol–water partition coefficient (Wildman–Crippen LogP) is 1.92. The van der Waals surface area contributed by atoms with Crippen LogP contribution in [0.3, 0.4) is 0 Å². The second kappa shape index (κ2) is 7.91. The van der Waals surface area contributed by atoms with Crippen molar-refractivity contribution in [2.45, 2.75) is 6.54 Å². The number of nitro groups is 1. The molecule has 8 heteroatoms. The Morgan fingerprint density at radius 1 is 1.08 bits per heavy atom. The maximum Gasteiger partial charge on any atom is 0.313 e. The molecule has 25 heavy (non-hydrogen) atoms. The second-order valence-electron chi connectivity index (χ2n) is 5.51. The van der Waals surface area contributed by atoms with Crippen molar-refractivity contribution in [1.82, 2.24) is 5.32 Å². The minimum Gasteiger partial charge on any atom is -0.378 e. The zero-order valence-electron chi connectivity index (χ0n) is 13.9. The Hall–Kier alpha value is -3.42. The highest BCUT2D eigenvalue weighted by Gasteiger charge is 2.15. The molecule has 0 unspecified atom stereocenters. The van der Waals surface area contributed by atoms with Crippen LogP contribution in [0.4, 0.5) is 17.1 Å². The Morgan fingerprint density at radius 2 is 1.76 bits per heavy atom. The van der Waals surface area contributed by atoms with Crippen LogP contribution in [0.1, 0.15) is 5.56 Å². The van der Waals surface area contributed by atoms with Gasteiger partial charge >= 0.3 is 11.8 Å². The largest absolute Gasteiger partial charge is 0.378 e. The van der Waals surface area contributed by atoms with Crippen molar-refractivity contribution in [2.24, 2.45) is 0 Å². The minimum atomic E-state index is -0.884. The molecule has 0 saturated heterocycles. The molecule has 0 aliphatic rings. The summed E-state index contributed by atoms with van der Waals surface area (Å²) in [6, 6.07) is 12.9. The molecule has 0 spiro atoms. The molecule has 2 rings (SSSR count). The smallest absolute Gasteiger partial charge is 0.313 e. The molecule has 0 fully saturated rings. The summed E-state index contributed by atoms with van der Waals surface area (Å²) in [7, 11) is 3.85. The summed E-state index contributed by atoms with van der Waals surface area (Å²) in [6.45, 7) is 0.203. The lowest BCUT2D eigenvalue weighted by Crippen LogP contribution is -2.34. The van der Waals surface area contributed by atoms with E-state index in [9.17, 15) is 19.7 Å². The van der Waals surface area contributed by atoms with E-state index in [-0.39, 0.29) is 17.9 Å². The summed E-state index contributed by atoms with van der Waals surface area (Å²) < 4.78 is 0. The van der Waals surface area contributed by atoms with E-state index in [0.29, 0.717) is 0 Å². The molecule has 0 bridgehead atoms. The van der Waals surface area contributed by atoms with Crippen LogP contribution in [0.2, 0.25) is 0 Å². The van der Waals surface area contributed by atoms with E-state index < -0.39 is 16.7 Å². The molecule has 0 atom stereocenters. The highest BCUT2D eigenvalue weighted by atomic mass is 16.6. The molecule has 0 saturated carbocycles. The number of rotatable bonds is 5. The zero-order valence-corrected chi connectivity index (χ0v) is 13.9. The lowest BCUT2D eigenvalue weighted by atomic mass is 10.2. The van der Waals surface area contributed by atoms with Crippen molar-refractivity contribution in [3.63, 3.8) is 0 Å². The summed E-state index contributed by atoms with van der Waals surface area (Å²) in [4.78, 5) is 35.8. The van der Waals surface area contributed by atoms with Gasteiger partial charge in [0.15, 0.2) is 0 Å². The van der Waals surface area contributed by atoms with Crippen LogP contribution < -0.4 is 15.5 Å². The van der Waals surface area contributed by atoms with Crippen LogP contribution in [0.15, 0.2) is 48.5 Å². The molecule has 0 aromatic heterocycles. The van der Waals surface area contributed by atoms with Crippen molar-refractivity contribution in [3.05, 3.63) is 64.2 Å². The van der Waals surface area contributed by atoms with Crippen molar-refractivity contribution >= 4 is 28.9 Å². The standard InChI is InChI=1S/C17H18N4O4/c1-20(2)14-8-6-12(7-9-14)11-18-16(22)17(23)19-13-4-3-5-15(10-13)21(24)25/h3-10H,11H2,1-2H3,(H,18,22)(H,19,23). The van der Waals surface area contributed by atoms with Gasteiger partial charge < -0.3 is 15.5 Å². The van der Waals surface area contributed by atoms with Crippen molar-refractivity contribution < 1.29 is 14.5 Å². The molecule has 0 radical (unpaired) electrons. The number of carbonyl (C=O) groups excluding carboxylic acids is 2. The lowest BCUT2D eigenvalue weighted by molar-refractivity contribution is -0.384. The van der Waals surface area contributed by atoms with Gasteiger partial charge in [0.25, 0.3) is 5.69 Å². The maximum atomic E-state index is 11.9. The first kappa shape index (κ1) is 17.9. The third-order valence-electron chi connectivity index (χ3n) is 3.43. The van der Waals surface area contributed by atoms with Crippen molar-refractivity contribution in [3.8, 4) is 0 Å². The second-order valence-corrected chi connectivity index (χ2v) is 5.51. The van der Waals surface area contributed by atoms with E-state index in [2.05, 4.69) is 10.6 Å². The van der Waals surface area contributed by atoms with Gasteiger partial charge in [-0.2, -0.15) is 0 Å². The number of nitrogens with one attached hydrogen (secondary N) is 2. The van der Waals surface area contributed by atoms with Crippen LogP contribution in [-0.4, -0.2) is 30.8 Å². The zero-order chi connectivity index (χ0) is 18.4. The number of amides is 2. The van der Waals surface area contributed by atoms with E-state index in [1.165, 1.54) is 24.3 Å². The average Bonchev–Trinajstić information content (AvgIpc) is 2.60. The number of hydrogen-bond acceptors (Lipinski definition) is 5. The summed E-state index contributed by atoms with van der Waals surface area (Å²) in [5, 5.41) is 15.6. The Kier molecular flexibility index (Phi) is 5.67. The van der Waals surface area contributed by atoms with Crippen LogP contribution in [0.25, 0.3) is 0 Å². The normalized spacial score (nSPS) is 10.0. The van der Waals surface area contributed by atoms with Crippen LogP contribution >= 0.6 is 0 Å². The molecular formula is C17H18N4O4. The Morgan fingerprint density at radius 3 is 2.36 bits per heavy atom. The van der Waals surface area contributed by atoms with Gasteiger partial charge in [-0.25, -0.2) is 0 Å². The molecule has 2 aromatic rings. The van der Waals surface area contributed by atoms with E-state index >= 15 is 0 Å². The number of carbonyl (C=O) groups is 2. The molecule has 0 aliphatic heterocycles. The summed E-state index contributed by atoms with van der Waals surface area (Å²) in [5.41, 5.74) is 1.89. The molecule has 2 N–H and O–H groups in total. The van der Waals surface area contributed by atoms with Gasteiger partial charge in [0, 0.05) is 44.1 Å². The fourth-order valence-corrected chi connectivity index (χ4v) is 2.06. The number of benzene rings is 2. The van der Waals surface area contributed by atoms with Crippen molar-refractivity contribution in [1.29, 1.82) is 0 Å². The highest BCUT2D eigenvalue weighted by Crippen LogP contribution is 2.17. The molecule has 2 aromatic carbocycles. The molecule has 8 nitrogen and oxygen atoms in total. The summed E-state index contributed by atoms with van der Waals surface area (Å²) in [5.74, 6) is -1.70. The topological polar surface area (TPSA) is 105 Å². The predicted molar refractivity (Wildman–Crippen MR) is 94.3 cm³/mol. The van der Waals surface area contributed by atoms with Crippen LogP contribution in [-0.2, 0) is 16.1 Å². The monoisotopic (exact) mass is 342 g/mol. The van der Waals surface area contributed by atoms with E-state index in [1.54, 1.807) is 0 Å². The first-order valence-corrected chi connectivity index (χ1v) is 7.46. The summed E-state index contributed by atoms with van der Waals surface area (Å²) in [6.07, 6.45) is 0. The van der Waals surface area contributed by atoms with Gasteiger partial charge in [-0.3, -0.25) is 19.7 Å². The van der Waals surface area contributed by atoms with Gasteiger partial charge in [0.05, 0.1) is 4.92 Å². The maximum absolute atomic E-state index is 11.9. The van der Waals surface area contributed by atoms with Gasteiger partial charge in [-0.15, -0.1) is 0 Å². The fraction of sp³-hybridized carbons (Fsp3) is 0.176. The summed E-state index contributed by atoms with van der Waals surface area (Å²) >= 11 is 0. The highest BCUT2D eigenvalue weighted by molar-refractivity contribution is 6.39. The Bertz CT molecular complexity index is 787. The first-order valence-electron chi connectivity index (χ1n) is 7.46. The number of nitrogens with zero attached hydrogens (tertiary/aromatic N) is 2. The molecule has 2 amide bonds. The Labute approximate surface area is 144 Å². The Balaban J connectivity index is 1.91. The molecule has 0 aliphatic carbocycles. The van der Waals surface area contributed by atoms with Gasteiger partial charge in [-0.05, 0) is 23.8 Å². The van der Waals surface area contributed by atoms with Gasteiger partial charge in [0.1, 0.15) is 0 Å².